The molecule has 1 N–H and O–H groups in total. The van der Waals surface area contributed by atoms with Crippen LogP contribution in [-0.4, -0.2) is 47.3 Å². The number of ether oxygens (including phenoxy) is 2. The maximum absolute atomic E-state index is 12.9. The number of amides is 1. The molecule has 6 heteroatoms. The van der Waals surface area contributed by atoms with E-state index in [4.69, 9.17) is 9.47 Å². The standard InChI is InChI=1S/C21H23N3O3/c1-14-3-8-19-18(13-14)20(23-22-19)21(25)24-11-9-17(10-12-24)27-16-6-4-15(26-2)5-7-16/h3-8,13,17H,9-12H2,1-2H3,(H,22,23). The van der Waals surface area contributed by atoms with Crippen LogP contribution in [0.1, 0.15) is 28.9 Å². The molecule has 1 amide bonds. The van der Waals surface area contributed by atoms with Gasteiger partial charge in [0.2, 0.25) is 0 Å². The molecule has 1 aliphatic rings. The number of benzene rings is 2. The Bertz CT molecular complexity index is 941. The van der Waals surface area contributed by atoms with E-state index in [1.165, 1.54) is 0 Å². The van der Waals surface area contributed by atoms with Crippen LogP contribution in [0.2, 0.25) is 0 Å². The summed E-state index contributed by atoms with van der Waals surface area (Å²) < 4.78 is 11.2. The second kappa shape index (κ2) is 7.31. The van der Waals surface area contributed by atoms with Crippen LogP contribution < -0.4 is 9.47 Å². The van der Waals surface area contributed by atoms with Gasteiger partial charge in [-0.3, -0.25) is 9.89 Å². The van der Waals surface area contributed by atoms with Gasteiger partial charge in [0.1, 0.15) is 17.6 Å². The monoisotopic (exact) mass is 365 g/mol. The number of likely N-dealkylation sites (tertiary alicyclic amines) is 1. The molecule has 1 aliphatic heterocycles. The highest BCUT2D eigenvalue weighted by atomic mass is 16.5. The largest absolute Gasteiger partial charge is 0.497 e. The van der Waals surface area contributed by atoms with Crippen molar-refractivity contribution in [2.45, 2.75) is 25.9 Å². The topological polar surface area (TPSA) is 67.5 Å². The van der Waals surface area contributed by atoms with E-state index in [-0.39, 0.29) is 12.0 Å². The number of methoxy groups -OCH3 is 1. The van der Waals surface area contributed by atoms with Gasteiger partial charge in [-0.15, -0.1) is 0 Å². The number of aryl methyl sites for hydroxylation is 1. The number of carbonyl (C=O) groups excluding carboxylic acids is 1. The number of hydrogen-bond acceptors (Lipinski definition) is 4. The number of nitrogens with zero attached hydrogens (tertiary/aromatic N) is 2. The summed E-state index contributed by atoms with van der Waals surface area (Å²) in [5.41, 5.74) is 2.51. The van der Waals surface area contributed by atoms with Gasteiger partial charge in [0.05, 0.1) is 12.6 Å². The zero-order valence-corrected chi connectivity index (χ0v) is 15.6. The molecule has 2 heterocycles. The fraction of sp³-hybridized carbons (Fsp3) is 0.333. The van der Waals surface area contributed by atoms with E-state index >= 15 is 0 Å². The molecular formula is C21H23N3O3. The fourth-order valence-electron chi connectivity index (χ4n) is 3.46. The molecule has 6 nitrogen and oxygen atoms in total. The predicted octanol–water partition coefficient (Wildman–Crippen LogP) is 3.56. The molecule has 0 radical (unpaired) electrons. The minimum Gasteiger partial charge on any atom is -0.497 e. The van der Waals surface area contributed by atoms with Gasteiger partial charge in [-0.2, -0.15) is 5.10 Å². The van der Waals surface area contributed by atoms with Gasteiger partial charge in [0.15, 0.2) is 5.69 Å². The van der Waals surface area contributed by atoms with Gasteiger partial charge in [0.25, 0.3) is 5.91 Å². The number of nitrogens with one attached hydrogen (secondary N) is 1. The summed E-state index contributed by atoms with van der Waals surface area (Å²) in [6.45, 7) is 3.35. The number of carbonyl (C=O) groups is 1. The minimum atomic E-state index is -0.0188. The normalized spacial score (nSPS) is 15.1. The lowest BCUT2D eigenvalue weighted by molar-refractivity contribution is 0.0592. The van der Waals surface area contributed by atoms with Gasteiger partial charge in [-0.05, 0) is 43.3 Å². The zero-order chi connectivity index (χ0) is 18.8. The summed E-state index contributed by atoms with van der Waals surface area (Å²) in [5, 5.41) is 8.09. The quantitative estimate of drug-likeness (QED) is 0.768. The molecule has 140 valence electrons. The average molecular weight is 365 g/mol. The van der Waals surface area contributed by atoms with E-state index < -0.39 is 0 Å². The molecule has 1 fully saturated rings. The first-order valence-corrected chi connectivity index (χ1v) is 9.19. The van der Waals surface area contributed by atoms with Crippen molar-refractivity contribution >= 4 is 16.8 Å². The lowest BCUT2D eigenvalue weighted by Gasteiger charge is -2.31. The number of piperidine rings is 1. The van der Waals surface area contributed by atoms with Gasteiger partial charge in [0, 0.05) is 31.3 Å². The number of aromatic nitrogens is 2. The van der Waals surface area contributed by atoms with Crippen LogP contribution in [0.15, 0.2) is 42.5 Å². The Morgan fingerprint density at radius 3 is 2.52 bits per heavy atom. The summed E-state index contributed by atoms with van der Waals surface area (Å²) in [5.74, 6) is 1.62. The maximum atomic E-state index is 12.9. The van der Waals surface area contributed by atoms with Crippen LogP contribution in [0.4, 0.5) is 0 Å². The number of rotatable bonds is 4. The van der Waals surface area contributed by atoms with E-state index in [0.29, 0.717) is 18.8 Å². The molecule has 0 aliphatic carbocycles. The molecule has 27 heavy (non-hydrogen) atoms. The van der Waals surface area contributed by atoms with Gasteiger partial charge < -0.3 is 14.4 Å². The molecule has 0 bridgehead atoms. The van der Waals surface area contributed by atoms with Crippen LogP contribution in [0, 0.1) is 6.92 Å². The van der Waals surface area contributed by atoms with E-state index in [2.05, 4.69) is 10.2 Å². The Kier molecular flexibility index (Phi) is 4.71. The highest BCUT2D eigenvalue weighted by Crippen LogP contribution is 2.24. The van der Waals surface area contributed by atoms with Crippen molar-refractivity contribution in [1.29, 1.82) is 0 Å². The second-order valence-corrected chi connectivity index (χ2v) is 6.91. The highest BCUT2D eigenvalue weighted by Gasteiger charge is 2.27. The molecule has 0 atom stereocenters. The smallest absolute Gasteiger partial charge is 0.274 e. The van der Waals surface area contributed by atoms with Crippen LogP contribution in [-0.2, 0) is 0 Å². The van der Waals surface area contributed by atoms with Crippen molar-refractivity contribution < 1.29 is 14.3 Å². The first-order valence-electron chi connectivity index (χ1n) is 9.19. The SMILES string of the molecule is COc1ccc(OC2CCN(C(=O)c3n[nH]c4ccc(C)cc34)CC2)cc1. The number of hydrogen-bond donors (Lipinski definition) is 1. The minimum absolute atomic E-state index is 0.0188. The van der Waals surface area contributed by atoms with Crippen molar-refractivity contribution in [2.24, 2.45) is 0 Å². The van der Waals surface area contributed by atoms with E-state index in [1.807, 2.05) is 54.3 Å². The van der Waals surface area contributed by atoms with Crippen molar-refractivity contribution in [1.82, 2.24) is 15.1 Å². The average Bonchev–Trinajstić information content (AvgIpc) is 3.11. The van der Waals surface area contributed by atoms with Gasteiger partial charge in [-0.1, -0.05) is 11.6 Å². The third-order valence-electron chi connectivity index (χ3n) is 5.01. The first kappa shape index (κ1) is 17.4. The third-order valence-corrected chi connectivity index (χ3v) is 5.01. The molecular weight excluding hydrogens is 342 g/mol. The van der Waals surface area contributed by atoms with Crippen LogP contribution in [0.3, 0.4) is 0 Å². The molecule has 0 spiro atoms. The Hall–Kier alpha value is -3.02. The summed E-state index contributed by atoms with van der Waals surface area (Å²) in [7, 11) is 1.65. The maximum Gasteiger partial charge on any atom is 0.274 e. The Balaban J connectivity index is 1.39. The summed E-state index contributed by atoms with van der Waals surface area (Å²) in [6.07, 6.45) is 1.72. The molecule has 1 saturated heterocycles. The fourth-order valence-corrected chi connectivity index (χ4v) is 3.46. The first-order chi connectivity index (χ1) is 13.1. The van der Waals surface area contributed by atoms with Crippen LogP contribution in [0.5, 0.6) is 11.5 Å². The molecule has 2 aromatic carbocycles. The van der Waals surface area contributed by atoms with Crippen molar-refractivity contribution in [3.8, 4) is 11.5 Å². The van der Waals surface area contributed by atoms with E-state index in [0.717, 1.165) is 40.8 Å². The van der Waals surface area contributed by atoms with Crippen LogP contribution in [0.25, 0.3) is 10.9 Å². The van der Waals surface area contributed by atoms with Crippen molar-refractivity contribution in [2.75, 3.05) is 20.2 Å². The summed E-state index contributed by atoms with van der Waals surface area (Å²) >= 11 is 0. The summed E-state index contributed by atoms with van der Waals surface area (Å²) in [4.78, 5) is 14.8. The lowest BCUT2D eigenvalue weighted by Crippen LogP contribution is -2.42. The number of aromatic amines is 1. The molecule has 0 saturated carbocycles. The van der Waals surface area contributed by atoms with E-state index in [1.54, 1.807) is 7.11 Å². The predicted molar refractivity (Wildman–Crippen MR) is 103 cm³/mol. The van der Waals surface area contributed by atoms with Crippen molar-refractivity contribution in [3.63, 3.8) is 0 Å². The second-order valence-electron chi connectivity index (χ2n) is 6.91. The van der Waals surface area contributed by atoms with Gasteiger partial charge >= 0.3 is 0 Å². The zero-order valence-electron chi connectivity index (χ0n) is 15.6. The lowest BCUT2D eigenvalue weighted by atomic mass is 10.1. The van der Waals surface area contributed by atoms with Crippen molar-refractivity contribution in [3.05, 3.63) is 53.7 Å². The molecule has 3 aromatic rings. The Morgan fingerprint density at radius 2 is 1.81 bits per heavy atom. The Morgan fingerprint density at radius 1 is 1.11 bits per heavy atom. The third kappa shape index (κ3) is 3.60. The van der Waals surface area contributed by atoms with E-state index in [9.17, 15) is 4.79 Å². The molecule has 4 rings (SSSR count). The number of fused-ring (bicyclic) bond motifs is 1. The molecule has 0 unspecified atom stereocenters. The van der Waals surface area contributed by atoms with Crippen LogP contribution >= 0.6 is 0 Å². The highest BCUT2D eigenvalue weighted by molar-refractivity contribution is 6.04. The molecule has 1 aromatic heterocycles. The number of H-pyrrole nitrogens is 1. The van der Waals surface area contributed by atoms with Gasteiger partial charge in [-0.25, -0.2) is 0 Å². The summed E-state index contributed by atoms with van der Waals surface area (Å²) in [6, 6.07) is 13.6. The Labute approximate surface area is 158 Å².